The second-order valence-corrected chi connectivity index (χ2v) is 5.73. The molecule has 0 spiro atoms. The SMILES string of the molecule is CN1CCCC2CN(c3ccc(CO)nn3)CCC21. The standard InChI is InChI=1S/C14H22N4O/c1-17-7-2-3-11-9-18(8-6-13(11)17)14-5-4-12(10-19)15-16-14/h4-5,11,13,19H,2-3,6-10H2,1H3. The summed E-state index contributed by atoms with van der Waals surface area (Å²) in [5.41, 5.74) is 0.635. The molecule has 2 unspecified atom stereocenters. The highest BCUT2D eigenvalue weighted by molar-refractivity contribution is 5.38. The Labute approximate surface area is 114 Å². The van der Waals surface area contributed by atoms with Gasteiger partial charge in [-0.15, -0.1) is 5.10 Å². The van der Waals surface area contributed by atoms with E-state index >= 15 is 0 Å². The fourth-order valence-corrected chi connectivity index (χ4v) is 3.47. The Morgan fingerprint density at radius 2 is 2.16 bits per heavy atom. The minimum atomic E-state index is -0.0389. The first-order valence-electron chi connectivity index (χ1n) is 7.16. The van der Waals surface area contributed by atoms with E-state index in [9.17, 15) is 0 Å². The van der Waals surface area contributed by atoms with Gasteiger partial charge in [0.25, 0.3) is 0 Å². The van der Waals surface area contributed by atoms with Crippen LogP contribution in [0.3, 0.4) is 0 Å². The quantitative estimate of drug-likeness (QED) is 0.858. The molecule has 0 aliphatic carbocycles. The van der Waals surface area contributed by atoms with E-state index in [4.69, 9.17) is 5.11 Å². The number of hydrogen-bond acceptors (Lipinski definition) is 5. The van der Waals surface area contributed by atoms with Crippen molar-refractivity contribution in [3.05, 3.63) is 17.8 Å². The lowest BCUT2D eigenvalue weighted by atomic mass is 9.84. The highest BCUT2D eigenvalue weighted by Gasteiger charge is 2.34. The second-order valence-electron chi connectivity index (χ2n) is 5.73. The zero-order chi connectivity index (χ0) is 13.2. The van der Waals surface area contributed by atoms with Crippen LogP contribution >= 0.6 is 0 Å². The van der Waals surface area contributed by atoms with E-state index in [1.54, 1.807) is 0 Å². The van der Waals surface area contributed by atoms with Gasteiger partial charge in [0, 0.05) is 19.1 Å². The number of aliphatic hydroxyl groups excluding tert-OH is 1. The van der Waals surface area contributed by atoms with E-state index in [0.717, 1.165) is 30.9 Å². The monoisotopic (exact) mass is 262 g/mol. The van der Waals surface area contributed by atoms with E-state index in [0.29, 0.717) is 5.69 Å². The second kappa shape index (κ2) is 5.43. The average Bonchev–Trinajstić information content (AvgIpc) is 2.47. The van der Waals surface area contributed by atoms with Gasteiger partial charge in [-0.3, -0.25) is 0 Å². The smallest absolute Gasteiger partial charge is 0.151 e. The minimum absolute atomic E-state index is 0.0389. The molecule has 2 aliphatic rings. The third-order valence-electron chi connectivity index (χ3n) is 4.54. The Hall–Kier alpha value is -1.20. The first-order valence-corrected chi connectivity index (χ1v) is 7.16. The highest BCUT2D eigenvalue weighted by atomic mass is 16.3. The van der Waals surface area contributed by atoms with Gasteiger partial charge in [0.2, 0.25) is 0 Å². The van der Waals surface area contributed by atoms with Crippen molar-refractivity contribution in [2.45, 2.75) is 31.9 Å². The number of aromatic nitrogens is 2. The van der Waals surface area contributed by atoms with E-state index in [-0.39, 0.29) is 6.61 Å². The lowest BCUT2D eigenvalue weighted by Gasteiger charge is -2.46. The molecular weight excluding hydrogens is 240 g/mol. The Bertz CT molecular complexity index is 422. The molecule has 3 rings (SSSR count). The summed E-state index contributed by atoms with van der Waals surface area (Å²) in [6.45, 7) is 3.34. The Kier molecular flexibility index (Phi) is 3.66. The van der Waals surface area contributed by atoms with Crippen LogP contribution in [-0.4, -0.2) is 52.9 Å². The summed E-state index contributed by atoms with van der Waals surface area (Å²) in [5, 5.41) is 17.3. The van der Waals surface area contributed by atoms with Crippen molar-refractivity contribution < 1.29 is 5.11 Å². The van der Waals surface area contributed by atoms with Crippen molar-refractivity contribution in [1.29, 1.82) is 0 Å². The maximum absolute atomic E-state index is 9.00. The van der Waals surface area contributed by atoms with E-state index in [1.807, 2.05) is 12.1 Å². The molecule has 0 saturated carbocycles. The van der Waals surface area contributed by atoms with E-state index in [1.165, 1.54) is 25.8 Å². The highest BCUT2D eigenvalue weighted by Crippen LogP contribution is 2.31. The predicted octanol–water partition coefficient (Wildman–Crippen LogP) is 0.889. The summed E-state index contributed by atoms with van der Waals surface area (Å²) in [7, 11) is 2.25. The topological polar surface area (TPSA) is 52.5 Å². The van der Waals surface area contributed by atoms with Crippen LogP contribution in [0, 0.1) is 5.92 Å². The maximum atomic E-state index is 9.00. The normalized spacial score (nSPS) is 28.2. The molecule has 104 valence electrons. The molecule has 0 bridgehead atoms. The summed E-state index contributed by atoms with van der Waals surface area (Å²) in [5.74, 6) is 1.70. The van der Waals surface area contributed by atoms with Crippen LogP contribution < -0.4 is 4.90 Å². The zero-order valence-electron chi connectivity index (χ0n) is 11.5. The van der Waals surface area contributed by atoms with Gasteiger partial charge in [-0.05, 0) is 50.9 Å². The molecule has 2 fully saturated rings. The Balaban J connectivity index is 1.69. The first kappa shape index (κ1) is 12.8. The number of fused-ring (bicyclic) bond motifs is 1. The van der Waals surface area contributed by atoms with Crippen molar-refractivity contribution >= 4 is 5.82 Å². The molecule has 0 aromatic carbocycles. The van der Waals surface area contributed by atoms with Gasteiger partial charge in [0.1, 0.15) is 0 Å². The fourth-order valence-electron chi connectivity index (χ4n) is 3.47. The number of rotatable bonds is 2. The van der Waals surface area contributed by atoms with Crippen LogP contribution in [0.2, 0.25) is 0 Å². The predicted molar refractivity (Wildman–Crippen MR) is 73.9 cm³/mol. The molecule has 3 heterocycles. The third-order valence-corrected chi connectivity index (χ3v) is 4.54. The van der Waals surface area contributed by atoms with E-state index < -0.39 is 0 Å². The number of anilines is 1. The Morgan fingerprint density at radius 3 is 2.89 bits per heavy atom. The molecular formula is C14H22N4O. The summed E-state index contributed by atoms with van der Waals surface area (Å²) in [6.07, 6.45) is 3.85. The maximum Gasteiger partial charge on any atom is 0.151 e. The van der Waals surface area contributed by atoms with E-state index in [2.05, 4.69) is 27.0 Å². The Morgan fingerprint density at radius 1 is 1.26 bits per heavy atom. The van der Waals surface area contributed by atoms with Gasteiger partial charge in [-0.25, -0.2) is 0 Å². The number of aliphatic hydroxyl groups is 1. The molecule has 1 N–H and O–H groups in total. The lowest BCUT2D eigenvalue weighted by Crippen LogP contribution is -2.52. The molecule has 1 aromatic heterocycles. The summed E-state index contributed by atoms with van der Waals surface area (Å²) >= 11 is 0. The van der Waals surface area contributed by atoms with Gasteiger partial charge in [-0.1, -0.05) is 0 Å². The lowest BCUT2D eigenvalue weighted by molar-refractivity contribution is 0.102. The molecule has 2 atom stereocenters. The number of hydrogen-bond donors (Lipinski definition) is 1. The van der Waals surface area contributed by atoms with Gasteiger partial charge in [-0.2, -0.15) is 5.10 Å². The van der Waals surface area contributed by atoms with Crippen LogP contribution in [0.4, 0.5) is 5.82 Å². The number of piperidine rings is 2. The molecule has 2 aliphatic heterocycles. The molecule has 0 radical (unpaired) electrons. The van der Waals surface area contributed by atoms with Gasteiger partial charge >= 0.3 is 0 Å². The van der Waals surface area contributed by atoms with Crippen LogP contribution in [0.1, 0.15) is 25.0 Å². The fraction of sp³-hybridized carbons (Fsp3) is 0.714. The van der Waals surface area contributed by atoms with Crippen molar-refractivity contribution in [3.8, 4) is 0 Å². The molecule has 0 amide bonds. The van der Waals surface area contributed by atoms with Crippen molar-refractivity contribution in [1.82, 2.24) is 15.1 Å². The summed E-state index contributed by atoms with van der Waals surface area (Å²) in [4.78, 5) is 4.86. The number of nitrogens with zero attached hydrogens (tertiary/aromatic N) is 4. The molecule has 5 nitrogen and oxygen atoms in total. The van der Waals surface area contributed by atoms with Gasteiger partial charge in [0.05, 0.1) is 12.3 Å². The summed E-state index contributed by atoms with van der Waals surface area (Å²) < 4.78 is 0. The van der Waals surface area contributed by atoms with Crippen LogP contribution in [0.25, 0.3) is 0 Å². The minimum Gasteiger partial charge on any atom is -0.390 e. The van der Waals surface area contributed by atoms with Gasteiger partial charge < -0.3 is 14.9 Å². The molecule has 1 aromatic rings. The largest absolute Gasteiger partial charge is 0.390 e. The first-order chi connectivity index (χ1) is 9.28. The number of likely N-dealkylation sites (tertiary alicyclic amines) is 1. The van der Waals surface area contributed by atoms with Gasteiger partial charge in [0.15, 0.2) is 5.82 Å². The van der Waals surface area contributed by atoms with Crippen LogP contribution in [-0.2, 0) is 6.61 Å². The van der Waals surface area contributed by atoms with Crippen molar-refractivity contribution in [2.75, 3.05) is 31.6 Å². The van der Waals surface area contributed by atoms with Crippen LogP contribution in [0.5, 0.6) is 0 Å². The third kappa shape index (κ3) is 2.58. The molecule has 19 heavy (non-hydrogen) atoms. The van der Waals surface area contributed by atoms with Crippen molar-refractivity contribution in [2.24, 2.45) is 5.92 Å². The summed E-state index contributed by atoms with van der Waals surface area (Å²) in [6, 6.07) is 4.59. The molecule has 5 heteroatoms. The average molecular weight is 262 g/mol. The molecule has 2 saturated heterocycles. The van der Waals surface area contributed by atoms with Crippen molar-refractivity contribution in [3.63, 3.8) is 0 Å². The van der Waals surface area contributed by atoms with Crippen LogP contribution in [0.15, 0.2) is 12.1 Å². The zero-order valence-corrected chi connectivity index (χ0v) is 11.5.